The summed E-state index contributed by atoms with van der Waals surface area (Å²) in [6, 6.07) is 14.6. The van der Waals surface area contributed by atoms with E-state index < -0.39 is 10.0 Å². The van der Waals surface area contributed by atoms with Gasteiger partial charge < -0.3 is 10.2 Å². The molecule has 0 spiro atoms. The van der Waals surface area contributed by atoms with Crippen LogP contribution in [-0.4, -0.2) is 55.9 Å². The van der Waals surface area contributed by atoms with Gasteiger partial charge in [-0.2, -0.15) is 4.31 Å². The maximum absolute atomic E-state index is 13.3. The molecule has 4 rings (SSSR count). The first kappa shape index (κ1) is 18.9. The van der Waals surface area contributed by atoms with Gasteiger partial charge in [-0.05, 0) is 36.2 Å². The van der Waals surface area contributed by atoms with Crippen molar-refractivity contribution in [3.8, 4) is 0 Å². The molecule has 1 N–H and O–H groups in total. The Balaban J connectivity index is 1.30. The van der Waals surface area contributed by atoms with Crippen molar-refractivity contribution in [1.29, 1.82) is 0 Å². The molecule has 1 saturated heterocycles. The van der Waals surface area contributed by atoms with Crippen LogP contribution in [0.3, 0.4) is 0 Å². The van der Waals surface area contributed by atoms with Crippen LogP contribution in [0.25, 0.3) is 0 Å². The molecule has 1 aliphatic heterocycles. The summed E-state index contributed by atoms with van der Waals surface area (Å²) in [5, 5.41) is 2.97. The van der Waals surface area contributed by atoms with Crippen molar-refractivity contribution < 1.29 is 17.6 Å². The summed E-state index contributed by atoms with van der Waals surface area (Å²) in [5.41, 5.74) is 0.893. The van der Waals surface area contributed by atoms with E-state index in [0.717, 1.165) is 12.0 Å². The standard InChI is InChI=1S/C20H22FN3O3S/c21-16-6-4-5-15(13-16)18-14-19(18)22-20(25)23-9-11-24(12-10-23)28(26,27)17-7-2-1-3-8-17/h1-8,13,18-19H,9-12,14H2,(H,22,25). The lowest BCUT2D eigenvalue weighted by atomic mass is 10.1. The number of nitrogens with zero attached hydrogens (tertiary/aromatic N) is 2. The predicted octanol–water partition coefficient (Wildman–Crippen LogP) is 2.40. The first-order chi connectivity index (χ1) is 13.4. The van der Waals surface area contributed by atoms with E-state index in [9.17, 15) is 17.6 Å². The van der Waals surface area contributed by atoms with E-state index in [-0.39, 0.29) is 41.8 Å². The van der Waals surface area contributed by atoms with Gasteiger partial charge in [0.15, 0.2) is 0 Å². The molecule has 8 heteroatoms. The highest BCUT2D eigenvalue weighted by atomic mass is 32.2. The summed E-state index contributed by atoms with van der Waals surface area (Å²) in [6.07, 6.45) is 0.789. The molecule has 2 aromatic carbocycles. The zero-order valence-corrected chi connectivity index (χ0v) is 16.1. The Hall–Kier alpha value is -2.45. The number of sulfonamides is 1. The minimum atomic E-state index is -3.53. The number of carbonyl (C=O) groups is 1. The molecule has 2 fully saturated rings. The fraction of sp³-hybridized carbons (Fsp3) is 0.350. The average Bonchev–Trinajstić information content (AvgIpc) is 3.48. The molecule has 6 nitrogen and oxygen atoms in total. The van der Waals surface area contributed by atoms with E-state index in [4.69, 9.17) is 0 Å². The van der Waals surface area contributed by atoms with Crippen LogP contribution in [0, 0.1) is 5.82 Å². The summed E-state index contributed by atoms with van der Waals surface area (Å²) in [6.45, 7) is 1.22. The second-order valence-corrected chi connectivity index (χ2v) is 9.10. The Morgan fingerprint density at radius 3 is 2.39 bits per heavy atom. The van der Waals surface area contributed by atoms with Gasteiger partial charge in [0, 0.05) is 38.1 Å². The molecule has 2 unspecified atom stereocenters. The van der Waals surface area contributed by atoms with Crippen molar-refractivity contribution in [3.63, 3.8) is 0 Å². The number of benzene rings is 2. The molecule has 2 amide bonds. The second kappa shape index (κ2) is 7.52. The van der Waals surface area contributed by atoms with E-state index in [1.165, 1.54) is 16.4 Å². The Morgan fingerprint density at radius 2 is 1.71 bits per heavy atom. The number of rotatable bonds is 4. The van der Waals surface area contributed by atoms with Gasteiger partial charge in [-0.15, -0.1) is 0 Å². The minimum absolute atomic E-state index is 0.000353. The predicted molar refractivity (Wildman–Crippen MR) is 103 cm³/mol. The van der Waals surface area contributed by atoms with E-state index >= 15 is 0 Å². The van der Waals surface area contributed by atoms with Crippen LogP contribution in [-0.2, 0) is 10.0 Å². The molecular formula is C20H22FN3O3S. The number of hydrogen-bond acceptors (Lipinski definition) is 3. The van der Waals surface area contributed by atoms with Crippen molar-refractivity contribution in [3.05, 3.63) is 66.0 Å². The van der Waals surface area contributed by atoms with Crippen molar-refractivity contribution in [2.75, 3.05) is 26.2 Å². The molecule has 0 bridgehead atoms. The fourth-order valence-electron chi connectivity index (χ4n) is 3.58. The van der Waals surface area contributed by atoms with Gasteiger partial charge in [-0.3, -0.25) is 0 Å². The van der Waals surface area contributed by atoms with Crippen LogP contribution < -0.4 is 5.32 Å². The first-order valence-corrected chi connectivity index (χ1v) is 10.8. The Kier molecular flexibility index (Phi) is 5.07. The van der Waals surface area contributed by atoms with Crippen LogP contribution in [0.2, 0.25) is 0 Å². The quantitative estimate of drug-likeness (QED) is 0.852. The largest absolute Gasteiger partial charge is 0.335 e. The summed E-state index contributed by atoms with van der Waals surface area (Å²) >= 11 is 0. The van der Waals surface area contributed by atoms with E-state index in [0.29, 0.717) is 13.1 Å². The molecule has 148 valence electrons. The summed E-state index contributed by atoms with van der Waals surface area (Å²) < 4.78 is 40.1. The zero-order chi connectivity index (χ0) is 19.7. The molecule has 0 aromatic heterocycles. The van der Waals surface area contributed by atoms with Crippen LogP contribution in [0.5, 0.6) is 0 Å². The number of piperazine rings is 1. The molecule has 2 atom stereocenters. The normalized spacial score (nSPS) is 22.7. The third kappa shape index (κ3) is 3.88. The highest BCUT2D eigenvalue weighted by molar-refractivity contribution is 7.89. The lowest BCUT2D eigenvalue weighted by Crippen LogP contribution is -2.53. The van der Waals surface area contributed by atoms with E-state index in [1.54, 1.807) is 41.3 Å². The molecule has 2 aliphatic rings. The summed E-state index contributed by atoms with van der Waals surface area (Å²) in [7, 11) is -3.53. The van der Waals surface area contributed by atoms with Crippen molar-refractivity contribution in [2.45, 2.75) is 23.3 Å². The minimum Gasteiger partial charge on any atom is -0.335 e. The van der Waals surface area contributed by atoms with E-state index in [2.05, 4.69) is 5.32 Å². The third-order valence-corrected chi connectivity index (χ3v) is 7.20. The van der Waals surface area contributed by atoms with Gasteiger partial charge in [-0.1, -0.05) is 30.3 Å². The van der Waals surface area contributed by atoms with Gasteiger partial charge in [0.2, 0.25) is 10.0 Å². The van der Waals surface area contributed by atoms with Crippen LogP contribution in [0.15, 0.2) is 59.5 Å². The highest BCUT2D eigenvalue weighted by Crippen LogP contribution is 2.41. The number of nitrogens with one attached hydrogen (secondary N) is 1. The van der Waals surface area contributed by atoms with Crippen molar-refractivity contribution in [1.82, 2.24) is 14.5 Å². The first-order valence-electron chi connectivity index (χ1n) is 9.31. The second-order valence-electron chi connectivity index (χ2n) is 7.16. The highest BCUT2D eigenvalue weighted by Gasteiger charge is 2.41. The number of carbonyl (C=O) groups excluding carboxylic acids is 1. The molecule has 28 heavy (non-hydrogen) atoms. The maximum atomic E-state index is 13.3. The number of amides is 2. The summed E-state index contributed by atoms with van der Waals surface area (Å²) in [4.78, 5) is 14.4. The SMILES string of the molecule is O=C(NC1CC1c1cccc(F)c1)N1CCN(S(=O)(=O)c2ccccc2)CC1. The fourth-order valence-corrected chi connectivity index (χ4v) is 5.03. The lowest BCUT2D eigenvalue weighted by Gasteiger charge is -2.34. The zero-order valence-electron chi connectivity index (χ0n) is 15.3. The lowest BCUT2D eigenvalue weighted by molar-refractivity contribution is 0.172. The average molecular weight is 403 g/mol. The third-order valence-electron chi connectivity index (χ3n) is 5.28. The van der Waals surface area contributed by atoms with E-state index in [1.807, 2.05) is 6.07 Å². The van der Waals surface area contributed by atoms with Gasteiger partial charge in [0.1, 0.15) is 5.82 Å². The van der Waals surface area contributed by atoms with Crippen LogP contribution in [0.1, 0.15) is 17.9 Å². The number of urea groups is 1. The monoisotopic (exact) mass is 403 g/mol. The summed E-state index contributed by atoms with van der Waals surface area (Å²) in [5.74, 6) is -0.135. The molecule has 1 saturated carbocycles. The molecular weight excluding hydrogens is 381 g/mol. The van der Waals surface area contributed by atoms with Crippen molar-refractivity contribution >= 4 is 16.1 Å². The van der Waals surface area contributed by atoms with Crippen LogP contribution >= 0.6 is 0 Å². The van der Waals surface area contributed by atoms with Gasteiger partial charge in [0.05, 0.1) is 4.90 Å². The van der Waals surface area contributed by atoms with Gasteiger partial charge in [-0.25, -0.2) is 17.6 Å². The number of halogens is 1. The molecule has 1 heterocycles. The van der Waals surface area contributed by atoms with Crippen LogP contribution in [0.4, 0.5) is 9.18 Å². The molecule has 0 radical (unpaired) electrons. The number of hydrogen-bond donors (Lipinski definition) is 1. The smallest absolute Gasteiger partial charge is 0.317 e. The Morgan fingerprint density at radius 1 is 1.00 bits per heavy atom. The topological polar surface area (TPSA) is 69.7 Å². The Labute approximate surface area is 164 Å². The molecule has 2 aromatic rings. The Bertz CT molecular complexity index is 960. The molecule has 1 aliphatic carbocycles. The maximum Gasteiger partial charge on any atom is 0.317 e. The van der Waals surface area contributed by atoms with Crippen molar-refractivity contribution in [2.24, 2.45) is 0 Å². The van der Waals surface area contributed by atoms with Gasteiger partial charge in [0.25, 0.3) is 0 Å². The van der Waals surface area contributed by atoms with Gasteiger partial charge >= 0.3 is 6.03 Å².